The third-order valence-corrected chi connectivity index (χ3v) is 3.94. The molecule has 1 aromatic heterocycles. The smallest absolute Gasteiger partial charge is 0.379 e. The molecule has 0 saturated carbocycles. The van der Waals surface area contributed by atoms with Crippen molar-refractivity contribution in [3.8, 4) is 28.6 Å². The number of ether oxygens (including phenoxy) is 3. The monoisotopic (exact) mass is 350 g/mol. The van der Waals surface area contributed by atoms with Gasteiger partial charge >= 0.3 is 5.97 Å². The number of Topliss-reactive ketones (excluding diaryl/α,β-unsaturated/α-hetero) is 1. The number of benzene rings is 2. The Balaban J connectivity index is 1.50. The van der Waals surface area contributed by atoms with Gasteiger partial charge in [0, 0.05) is 17.2 Å². The van der Waals surface area contributed by atoms with E-state index in [0.717, 1.165) is 5.56 Å². The average Bonchev–Trinajstić information content (AvgIpc) is 3.31. The predicted octanol–water partition coefficient (Wildman–Crippen LogP) is 4.10. The van der Waals surface area contributed by atoms with Gasteiger partial charge in [0.2, 0.25) is 12.6 Å². The van der Waals surface area contributed by atoms with E-state index in [0.29, 0.717) is 28.6 Å². The highest BCUT2D eigenvalue weighted by Gasteiger charge is 2.18. The van der Waals surface area contributed by atoms with Gasteiger partial charge in [-0.3, -0.25) is 4.79 Å². The Labute approximate surface area is 148 Å². The van der Waals surface area contributed by atoms with Gasteiger partial charge in [-0.25, -0.2) is 4.79 Å². The summed E-state index contributed by atoms with van der Waals surface area (Å²) in [7, 11) is 0. The van der Waals surface area contributed by atoms with Crippen LogP contribution in [0.3, 0.4) is 0 Å². The number of carbonyl (C=O) groups is 2. The van der Waals surface area contributed by atoms with Crippen molar-refractivity contribution in [1.29, 1.82) is 0 Å². The molecule has 0 amide bonds. The summed E-state index contributed by atoms with van der Waals surface area (Å²) in [6.07, 6.45) is 0. The zero-order valence-electron chi connectivity index (χ0n) is 13.9. The molecule has 6 heteroatoms. The number of ketones is 1. The minimum atomic E-state index is -0.615. The third kappa shape index (κ3) is 3.04. The summed E-state index contributed by atoms with van der Waals surface area (Å²) in [5.41, 5.74) is 1.37. The van der Waals surface area contributed by atoms with Gasteiger partial charge in [-0.15, -0.1) is 0 Å². The average molecular weight is 350 g/mol. The van der Waals surface area contributed by atoms with Crippen LogP contribution in [0.25, 0.3) is 11.3 Å². The molecule has 0 N–H and O–H groups in total. The lowest BCUT2D eigenvalue weighted by Gasteiger charge is -2.03. The molecule has 0 unspecified atom stereocenters. The first-order chi connectivity index (χ1) is 12.6. The standard InChI is InChI=1S/C20H14O6/c1-12(21)13-2-4-14(5-3-13)16-8-9-18(26-16)20(22)25-15-6-7-17-19(10-15)24-11-23-17/h2-10H,11H2,1H3. The van der Waals surface area contributed by atoms with E-state index < -0.39 is 5.97 Å². The zero-order chi connectivity index (χ0) is 18.1. The predicted molar refractivity (Wildman–Crippen MR) is 91.7 cm³/mol. The van der Waals surface area contributed by atoms with Gasteiger partial charge in [-0.1, -0.05) is 24.3 Å². The van der Waals surface area contributed by atoms with Crippen molar-refractivity contribution < 1.29 is 28.2 Å². The van der Waals surface area contributed by atoms with Gasteiger partial charge in [0.15, 0.2) is 17.3 Å². The van der Waals surface area contributed by atoms with E-state index in [4.69, 9.17) is 18.6 Å². The van der Waals surface area contributed by atoms with Crippen molar-refractivity contribution >= 4 is 11.8 Å². The number of furan rings is 1. The molecule has 130 valence electrons. The molecule has 1 aliphatic rings. The lowest BCUT2D eigenvalue weighted by atomic mass is 10.1. The van der Waals surface area contributed by atoms with Crippen LogP contribution in [-0.4, -0.2) is 18.5 Å². The van der Waals surface area contributed by atoms with E-state index in [9.17, 15) is 9.59 Å². The molecule has 0 atom stereocenters. The van der Waals surface area contributed by atoms with Crippen LogP contribution in [0.4, 0.5) is 0 Å². The topological polar surface area (TPSA) is 75.0 Å². The molecule has 0 spiro atoms. The van der Waals surface area contributed by atoms with E-state index in [2.05, 4.69) is 0 Å². The first-order valence-corrected chi connectivity index (χ1v) is 7.93. The SMILES string of the molecule is CC(=O)c1ccc(-c2ccc(C(=O)Oc3ccc4c(c3)OCO4)o2)cc1. The molecule has 0 fully saturated rings. The fourth-order valence-corrected chi connectivity index (χ4v) is 2.57. The first kappa shape index (κ1) is 16.0. The largest absolute Gasteiger partial charge is 0.454 e. The van der Waals surface area contributed by atoms with Gasteiger partial charge in [0.25, 0.3) is 0 Å². The highest BCUT2D eigenvalue weighted by molar-refractivity contribution is 5.94. The zero-order valence-corrected chi connectivity index (χ0v) is 13.9. The van der Waals surface area contributed by atoms with Crippen LogP contribution in [0.5, 0.6) is 17.2 Å². The van der Waals surface area contributed by atoms with Crippen LogP contribution in [0, 0.1) is 0 Å². The number of fused-ring (bicyclic) bond motifs is 1. The van der Waals surface area contributed by atoms with Gasteiger partial charge in [0.1, 0.15) is 11.5 Å². The summed E-state index contributed by atoms with van der Waals surface area (Å²) < 4.78 is 21.4. The molecule has 0 aliphatic carbocycles. The van der Waals surface area contributed by atoms with E-state index in [1.807, 2.05) is 0 Å². The molecule has 3 aromatic rings. The van der Waals surface area contributed by atoms with Crippen molar-refractivity contribution in [2.45, 2.75) is 6.92 Å². The van der Waals surface area contributed by atoms with E-state index >= 15 is 0 Å². The Hall–Kier alpha value is -3.54. The second-order valence-electron chi connectivity index (χ2n) is 5.70. The quantitative estimate of drug-likeness (QED) is 0.401. The molecule has 4 rings (SSSR count). The summed E-state index contributed by atoms with van der Waals surface area (Å²) in [6, 6.07) is 15.1. The van der Waals surface area contributed by atoms with Gasteiger partial charge < -0.3 is 18.6 Å². The number of rotatable bonds is 4. The van der Waals surface area contributed by atoms with E-state index in [1.165, 1.54) is 6.92 Å². The van der Waals surface area contributed by atoms with Crippen LogP contribution < -0.4 is 14.2 Å². The van der Waals surface area contributed by atoms with Crippen LogP contribution in [0.2, 0.25) is 0 Å². The summed E-state index contributed by atoms with van der Waals surface area (Å²) in [6.45, 7) is 1.66. The Morgan fingerprint density at radius 2 is 1.69 bits per heavy atom. The molecule has 2 aromatic carbocycles. The van der Waals surface area contributed by atoms with E-state index in [-0.39, 0.29) is 18.3 Å². The highest BCUT2D eigenvalue weighted by Crippen LogP contribution is 2.35. The molecule has 0 bridgehead atoms. The maximum absolute atomic E-state index is 12.3. The van der Waals surface area contributed by atoms with Crippen molar-refractivity contribution in [2.24, 2.45) is 0 Å². The van der Waals surface area contributed by atoms with Crippen LogP contribution in [0.15, 0.2) is 59.0 Å². The van der Waals surface area contributed by atoms with Crippen molar-refractivity contribution in [3.05, 3.63) is 65.9 Å². The summed E-state index contributed by atoms with van der Waals surface area (Å²) >= 11 is 0. The van der Waals surface area contributed by atoms with Crippen LogP contribution in [-0.2, 0) is 0 Å². The summed E-state index contributed by atoms with van der Waals surface area (Å²) in [5.74, 6) is 1.44. The van der Waals surface area contributed by atoms with Crippen molar-refractivity contribution in [2.75, 3.05) is 6.79 Å². The minimum Gasteiger partial charge on any atom is -0.454 e. The van der Waals surface area contributed by atoms with Gasteiger partial charge in [0.05, 0.1) is 0 Å². The molecule has 0 saturated heterocycles. The second-order valence-corrected chi connectivity index (χ2v) is 5.70. The summed E-state index contributed by atoms with van der Waals surface area (Å²) in [5, 5.41) is 0. The van der Waals surface area contributed by atoms with Crippen molar-refractivity contribution in [1.82, 2.24) is 0 Å². The molecular weight excluding hydrogens is 336 g/mol. The number of carbonyl (C=O) groups excluding carboxylic acids is 2. The fraction of sp³-hybridized carbons (Fsp3) is 0.100. The molecule has 26 heavy (non-hydrogen) atoms. The fourth-order valence-electron chi connectivity index (χ4n) is 2.57. The molecule has 0 radical (unpaired) electrons. The van der Waals surface area contributed by atoms with Gasteiger partial charge in [-0.2, -0.15) is 0 Å². The lowest BCUT2D eigenvalue weighted by Crippen LogP contribution is -2.07. The van der Waals surface area contributed by atoms with Crippen LogP contribution in [0.1, 0.15) is 27.8 Å². The third-order valence-electron chi connectivity index (χ3n) is 3.94. The lowest BCUT2D eigenvalue weighted by molar-refractivity contribution is 0.0702. The number of hydrogen-bond acceptors (Lipinski definition) is 6. The Morgan fingerprint density at radius 1 is 0.923 bits per heavy atom. The maximum atomic E-state index is 12.3. The molecule has 2 heterocycles. The molecular formula is C20H14O6. The van der Waals surface area contributed by atoms with Gasteiger partial charge in [-0.05, 0) is 31.2 Å². The normalized spacial score (nSPS) is 12.0. The molecule has 6 nitrogen and oxygen atoms in total. The maximum Gasteiger partial charge on any atom is 0.379 e. The second kappa shape index (κ2) is 6.40. The Bertz CT molecular complexity index is 984. The highest BCUT2D eigenvalue weighted by atomic mass is 16.7. The minimum absolute atomic E-state index is 0.0102. The molecule has 1 aliphatic heterocycles. The van der Waals surface area contributed by atoms with Crippen LogP contribution >= 0.6 is 0 Å². The number of esters is 1. The van der Waals surface area contributed by atoms with Crippen molar-refractivity contribution in [3.63, 3.8) is 0 Å². The number of hydrogen-bond donors (Lipinski definition) is 0. The van der Waals surface area contributed by atoms with E-state index in [1.54, 1.807) is 54.6 Å². The first-order valence-electron chi connectivity index (χ1n) is 7.93. The Kier molecular flexibility index (Phi) is 3.93. The Morgan fingerprint density at radius 3 is 2.46 bits per heavy atom. The summed E-state index contributed by atoms with van der Waals surface area (Å²) in [4.78, 5) is 23.6.